The van der Waals surface area contributed by atoms with Crippen LogP contribution in [0.5, 0.6) is 0 Å². The van der Waals surface area contributed by atoms with E-state index in [1.807, 2.05) is 20.8 Å². The van der Waals surface area contributed by atoms with Crippen LogP contribution < -0.4 is 10.6 Å². The lowest BCUT2D eigenvalue weighted by atomic mass is 9.64. The van der Waals surface area contributed by atoms with Gasteiger partial charge in [0.05, 0.1) is 12.6 Å². The standard InChI is InChI=1S/C13H26N2O2/c1-6-17-11-7-10(13(11,4)5)15-12(16)8-14-9(2)3/h9-11,14H,6-8H2,1-5H3,(H,15,16). The minimum atomic E-state index is 0.0451. The monoisotopic (exact) mass is 242 g/mol. The van der Waals surface area contributed by atoms with Crippen molar-refractivity contribution < 1.29 is 9.53 Å². The fourth-order valence-corrected chi connectivity index (χ4v) is 2.16. The lowest BCUT2D eigenvalue weighted by molar-refractivity contribution is -0.136. The molecule has 0 aromatic carbocycles. The second-order valence-corrected chi connectivity index (χ2v) is 5.66. The van der Waals surface area contributed by atoms with E-state index in [1.54, 1.807) is 0 Å². The van der Waals surface area contributed by atoms with E-state index in [2.05, 4.69) is 24.5 Å². The zero-order chi connectivity index (χ0) is 13.1. The molecule has 0 saturated heterocycles. The summed E-state index contributed by atoms with van der Waals surface area (Å²) in [5.41, 5.74) is 0.0451. The van der Waals surface area contributed by atoms with E-state index in [9.17, 15) is 4.79 Å². The fourth-order valence-electron chi connectivity index (χ4n) is 2.16. The SMILES string of the molecule is CCOC1CC(NC(=O)CNC(C)C)C1(C)C. The molecule has 1 saturated carbocycles. The van der Waals surface area contributed by atoms with Crippen LogP contribution in [0.3, 0.4) is 0 Å². The molecular weight excluding hydrogens is 216 g/mol. The van der Waals surface area contributed by atoms with Gasteiger partial charge in [-0.25, -0.2) is 0 Å². The molecule has 0 aromatic heterocycles. The lowest BCUT2D eigenvalue weighted by Crippen LogP contribution is -2.62. The van der Waals surface area contributed by atoms with Gasteiger partial charge in [0.2, 0.25) is 5.91 Å². The molecule has 2 unspecified atom stereocenters. The van der Waals surface area contributed by atoms with Gasteiger partial charge in [-0.15, -0.1) is 0 Å². The van der Waals surface area contributed by atoms with Crippen molar-refractivity contribution in [3.63, 3.8) is 0 Å². The van der Waals surface area contributed by atoms with E-state index in [1.165, 1.54) is 0 Å². The number of amides is 1. The molecule has 17 heavy (non-hydrogen) atoms. The highest BCUT2D eigenvalue weighted by Crippen LogP contribution is 2.42. The summed E-state index contributed by atoms with van der Waals surface area (Å²) in [6.07, 6.45) is 1.20. The Morgan fingerprint density at radius 3 is 2.59 bits per heavy atom. The van der Waals surface area contributed by atoms with Gasteiger partial charge in [0.1, 0.15) is 0 Å². The Hall–Kier alpha value is -0.610. The summed E-state index contributed by atoms with van der Waals surface area (Å²) in [5.74, 6) is 0.0757. The Morgan fingerprint density at radius 1 is 1.47 bits per heavy atom. The van der Waals surface area contributed by atoms with Crippen LogP contribution in [0, 0.1) is 5.41 Å². The van der Waals surface area contributed by atoms with Crippen LogP contribution in [0.25, 0.3) is 0 Å². The van der Waals surface area contributed by atoms with Gasteiger partial charge in [0.15, 0.2) is 0 Å². The van der Waals surface area contributed by atoms with E-state index in [-0.39, 0.29) is 23.5 Å². The van der Waals surface area contributed by atoms with Crippen LogP contribution in [-0.2, 0) is 9.53 Å². The van der Waals surface area contributed by atoms with Gasteiger partial charge in [0, 0.05) is 24.1 Å². The Labute approximate surface area is 104 Å². The van der Waals surface area contributed by atoms with Gasteiger partial charge in [-0.05, 0) is 13.3 Å². The summed E-state index contributed by atoms with van der Waals surface area (Å²) >= 11 is 0. The van der Waals surface area contributed by atoms with Gasteiger partial charge in [-0.1, -0.05) is 27.7 Å². The Bertz CT molecular complexity index is 264. The maximum Gasteiger partial charge on any atom is 0.234 e. The normalized spacial score (nSPS) is 26.7. The zero-order valence-electron chi connectivity index (χ0n) is 11.7. The summed E-state index contributed by atoms with van der Waals surface area (Å²) in [4.78, 5) is 11.7. The molecule has 1 amide bonds. The number of rotatable bonds is 6. The number of hydrogen-bond donors (Lipinski definition) is 2. The molecule has 1 fully saturated rings. The van der Waals surface area contributed by atoms with Crippen molar-refractivity contribution in [1.29, 1.82) is 0 Å². The van der Waals surface area contributed by atoms with E-state index < -0.39 is 0 Å². The molecule has 1 aliphatic carbocycles. The van der Waals surface area contributed by atoms with Crippen LogP contribution in [0.2, 0.25) is 0 Å². The van der Waals surface area contributed by atoms with Crippen molar-refractivity contribution >= 4 is 5.91 Å². The quantitative estimate of drug-likeness (QED) is 0.738. The van der Waals surface area contributed by atoms with Gasteiger partial charge in [0.25, 0.3) is 0 Å². The largest absolute Gasteiger partial charge is 0.378 e. The molecule has 4 heteroatoms. The van der Waals surface area contributed by atoms with Crippen LogP contribution in [0.15, 0.2) is 0 Å². The second kappa shape index (κ2) is 5.83. The van der Waals surface area contributed by atoms with Gasteiger partial charge >= 0.3 is 0 Å². The first-order valence-electron chi connectivity index (χ1n) is 6.52. The highest BCUT2D eigenvalue weighted by Gasteiger charge is 2.49. The Kier molecular flexibility index (Phi) is 4.95. The first kappa shape index (κ1) is 14.5. The van der Waals surface area contributed by atoms with Crippen molar-refractivity contribution in [3.05, 3.63) is 0 Å². The van der Waals surface area contributed by atoms with E-state index in [4.69, 9.17) is 4.74 Å². The van der Waals surface area contributed by atoms with Gasteiger partial charge in [-0.3, -0.25) is 4.79 Å². The van der Waals surface area contributed by atoms with Crippen molar-refractivity contribution in [2.24, 2.45) is 5.41 Å². The maximum absolute atomic E-state index is 11.7. The molecule has 0 heterocycles. The van der Waals surface area contributed by atoms with Gasteiger partial charge < -0.3 is 15.4 Å². The molecule has 0 spiro atoms. The predicted molar refractivity (Wildman–Crippen MR) is 68.9 cm³/mol. The Balaban J connectivity index is 2.32. The molecule has 100 valence electrons. The first-order valence-corrected chi connectivity index (χ1v) is 6.52. The molecule has 4 nitrogen and oxygen atoms in total. The number of nitrogens with one attached hydrogen (secondary N) is 2. The van der Waals surface area contributed by atoms with E-state index >= 15 is 0 Å². The fraction of sp³-hybridized carbons (Fsp3) is 0.923. The molecule has 2 atom stereocenters. The minimum Gasteiger partial charge on any atom is -0.378 e. The van der Waals surface area contributed by atoms with Crippen LogP contribution in [0.4, 0.5) is 0 Å². The van der Waals surface area contributed by atoms with Crippen LogP contribution >= 0.6 is 0 Å². The number of carbonyl (C=O) groups excluding carboxylic acids is 1. The molecule has 0 aromatic rings. The molecular formula is C13H26N2O2. The molecule has 1 rings (SSSR count). The summed E-state index contributed by atoms with van der Waals surface area (Å²) in [6, 6.07) is 0.576. The van der Waals surface area contributed by atoms with Crippen LogP contribution in [0.1, 0.15) is 41.0 Å². The lowest BCUT2D eigenvalue weighted by Gasteiger charge is -2.51. The molecule has 1 aliphatic rings. The Morgan fingerprint density at radius 2 is 2.12 bits per heavy atom. The predicted octanol–water partition coefficient (Wildman–Crippen LogP) is 1.30. The first-order chi connectivity index (χ1) is 7.87. The number of carbonyl (C=O) groups is 1. The van der Waals surface area contributed by atoms with Crippen molar-refractivity contribution in [3.8, 4) is 0 Å². The average molecular weight is 242 g/mol. The third-order valence-corrected chi connectivity index (χ3v) is 3.55. The molecule has 0 aliphatic heterocycles. The van der Waals surface area contributed by atoms with Crippen molar-refractivity contribution in [2.75, 3.05) is 13.2 Å². The average Bonchev–Trinajstić information content (AvgIpc) is 2.25. The summed E-state index contributed by atoms with van der Waals surface area (Å²) in [6.45, 7) is 11.5. The maximum atomic E-state index is 11.7. The summed E-state index contributed by atoms with van der Waals surface area (Å²) < 4.78 is 5.64. The third kappa shape index (κ3) is 3.68. The highest BCUT2D eigenvalue weighted by atomic mass is 16.5. The van der Waals surface area contributed by atoms with Crippen molar-refractivity contribution in [2.45, 2.75) is 59.2 Å². The molecule has 0 bridgehead atoms. The topological polar surface area (TPSA) is 50.4 Å². The van der Waals surface area contributed by atoms with Gasteiger partial charge in [-0.2, -0.15) is 0 Å². The van der Waals surface area contributed by atoms with Crippen molar-refractivity contribution in [1.82, 2.24) is 10.6 Å². The smallest absolute Gasteiger partial charge is 0.234 e. The number of ether oxygens (including phenoxy) is 1. The second-order valence-electron chi connectivity index (χ2n) is 5.66. The van der Waals surface area contributed by atoms with E-state index in [0.717, 1.165) is 13.0 Å². The summed E-state index contributed by atoms with van der Waals surface area (Å²) in [5, 5.41) is 6.19. The third-order valence-electron chi connectivity index (χ3n) is 3.55. The van der Waals surface area contributed by atoms with E-state index in [0.29, 0.717) is 12.6 Å². The molecule has 0 radical (unpaired) electrons. The summed E-state index contributed by atoms with van der Waals surface area (Å²) in [7, 11) is 0. The highest BCUT2D eigenvalue weighted by molar-refractivity contribution is 5.78. The minimum absolute atomic E-state index is 0.0451. The number of hydrogen-bond acceptors (Lipinski definition) is 3. The zero-order valence-corrected chi connectivity index (χ0v) is 11.7. The van der Waals surface area contributed by atoms with Crippen LogP contribution in [-0.4, -0.2) is 37.2 Å². The molecule has 2 N–H and O–H groups in total.